The van der Waals surface area contributed by atoms with Crippen LogP contribution in [0.4, 0.5) is 0 Å². The minimum atomic E-state index is 0.458. The Hall–Kier alpha value is -0.730. The summed E-state index contributed by atoms with van der Waals surface area (Å²) in [7, 11) is 3.77. The van der Waals surface area contributed by atoms with Crippen molar-refractivity contribution in [2.75, 3.05) is 14.2 Å². The van der Waals surface area contributed by atoms with Crippen molar-refractivity contribution < 1.29 is 4.74 Å². The monoisotopic (exact) mass is 291 g/mol. The first-order valence-electron chi connectivity index (χ1n) is 7.75. The Morgan fingerprint density at radius 1 is 1.25 bits per heavy atom. The average molecular weight is 292 g/mol. The van der Waals surface area contributed by atoms with Gasteiger partial charge in [0.25, 0.3) is 0 Å². The third-order valence-electron chi connectivity index (χ3n) is 6.03. The molecule has 1 aromatic rings. The molecule has 0 spiro atoms. The first-order valence-corrected chi connectivity index (χ1v) is 8.13. The van der Waals surface area contributed by atoms with E-state index in [1.807, 2.05) is 6.07 Å². The molecule has 5 atom stereocenters. The molecule has 3 aliphatic carbocycles. The summed E-state index contributed by atoms with van der Waals surface area (Å²) in [5.74, 6) is 5.61. The van der Waals surface area contributed by atoms with Gasteiger partial charge in [0.15, 0.2) is 0 Å². The van der Waals surface area contributed by atoms with Crippen LogP contribution in [0.15, 0.2) is 18.2 Å². The van der Waals surface area contributed by atoms with E-state index in [4.69, 9.17) is 16.3 Å². The molecule has 3 heteroatoms. The summed E-state index contributed by atoms with van der Waals surface area (Å²) in [5, 5.41) is 4.25. The summed E-state index contributed by atoms with van der Waals surface area (Å²) >= 11 is 6.15. The summed E-state index contributed by atoms with van der Waals surface area (Å²) in [6.07, 6.45) is 4.46. The third kappa shape index (κ3) is 1.74. The second-order valence-electron chi connectivity index (χ2n) is 6.73. The summed E-state index contributed by atoms with van der Waals surface area (Å²) in [5.41, 5.74) is 1.33. The van der Waals surface area contributed by atoms with Crippen molar-refractivity contribution in [3.05, 3.63) is 28.8 Å². The number of hydrogen-bond donors (Lipinski definition) is 1. The van der Waals surface area contributed by atoms with E-state index in [1.54, 1.807) is 7.11 Å². The Labute approximate surface area is 125 Å². The van der Waals surface area contributed by atoms with Crippen molar-refractivity contribution in [3.8, 4) is 5.75 Å². The Morgan fingerprint density at radius 3 is 2.55 bits per heavy atom. The number of halogens is 1. The van der Waals surface area contributed by atoms with Crippen LogP contribution in [0.5, 0.6) is 5.75 Å². The number of nitrogens with one attached hydrogen (secondary N) is 1. The average Bonchev–Trinajstić information content (AvgIpc) is 2.89. The molecule has 2 nitrogen and oxygen atoms in total. The Balaban J connectivity index is 1.60. The highest BCUT2D eigenvalue weighted by molar-refractivity contribution is 6.32. The van der Waals surface area contributed by atoms with Crippen LogP contribution in [-0.4, -0.2) is 14.2 Å². The molecule has 4 rings (SSSR count). The van der Waals surface area contributed by atoms with Crippen LogP contribution in [-0.2, 0) is 0 Å². The van der Waals surface area contributed by atoms with E-state index >= 15 is 0 Å². The highest BCUT2D eigenvalue weighted by Gasteiger charge is 2.66. The predicted octanol–water partition coefficient (Wildman–Crippen LogP) is 3.90. The molecule has 108 valence electrons. The molecular weight excluding hydrogens is 270 g/mol. The molecule has 20 heavy (non-hydrogen) atoms. The van der Waals surface area contributed by atoms with E-state index in [1.165, 1.54) is 24.8 Å². The van der Waals surface area contributed by atoms with Gasteiger partial charge in [-0.05, 0) is 73.6 Å². The fourth-order valence-corrected chi connectivity index (χ4v) is 5.48. The van der Waals surface area contributed by atoms with Gasteiger partial charge in [-0.2, -0.15) is 0 Å². The Bertz CT molecular complexity index is 516. The van der Waals surface area contributed by atoms with Gasteiger partial charge in [0.2, 0.25) is 0 Å². The largest absolute Gasteiger partial charge is 0.495 e. The zero-order chi connectivity index (χ0) is 13.9. The summed E-state index contributed by atoms with van der Waals surface area (Å²) in [6, 6.07) is 6.69. The molecule has 3 fully saturated rings. The van der Waals surface area contributed by atoms with Gasteiger partial charge in [0.05, 0.1) is 12.1 Å². The third-order valence-corrected chi connectivity index (χ3v) is 6.34. The predicted molar refractivity (Wildman–Crippen MR) is 81.1 cm³/mol. The molecule has 0 amide bonds. The lowest BCUT2D eigenvalue weighted by Crippen LogP contribution is -2.22. The SMILES string of the molecule is CNC(c1ccc(Cl)c(OC)c1)C1C2C3CCC(C3)C21. The van der Waals surface area contributed by atoms with Crippen molar-refractivity contribution in [1.29, 1.82) is 0 Å². The minimum Gasteiger partial charge on any atom is -0.495 e. The molecule has 3 aliphatic rings. The maximum atomic E-state index is 6.15. The maximum absolute atomic E-state index is 6.15. The molecule has 1 N–H and O–H groups in total. The zero-order valence-corrected chi connectivity index (χ0v) is 12.9. The number of methoxy groups -OCH3 is 1. The highest BCUT2D eigenvalue weighted by atomic mass is 35.5. The van der Waals surface area contributed by atoms with Crippen LogP contribution in [0.1, 0.15) is 30.9 Å². The lowest BCUT2D eigenvalue weighted by atomic mass is 9.93. The zero-order valence-electron chi connectivity index (χ0n) is 12.1. The molecule has 3 saturated carbocycles. The van der Waals surface area contributed by atoms with Gasteiger partial charge in [-0.3, -0.25) is 0 Å². The Kier molecular flexibility index (Phi) is 3.01. The lowest BCUT2D eigenvalue weighted by molar-refractivity contribution is 0.382. The first kappa shape index (κ1) is 13.0. The molecule has 5 unspecified atom stereocenters. The molecule has 0 aliphatic heterocycles. The molecule has 0 aromatic heterocycles. The standard InChI is InChI=1S/C17H22ClNO/c1-19-17(11-5-6-12(18)13(8-11)20-2)16-14-9-3-4-10(7-9)15(14)16/h5-6,8-10,14-17,19H,3-4,7H2,1-2H3. The van der Waals surface area contributed by atoms with Gasteiger partial charge in [-0.15, -0.1) is 0 Å². The molecule has 0 saturated heterocycles. The van der Waals surface area contributed by atoms with Crippen molar-refractivity contribution in [2.45, 2.75) is 25.3 Å². The maximum Gasteiger partial charge on any atom is 0.137 e. The number of ether oxygens (including phenoxy) is 1. The minimum absolute atomic E-state index is 0.458. The van der Waals surface area contributed by atoms with E-state index in [-0.39, 0.29) is 0 Å². The first-order chi connectivity index (χ1) is 9.74. The van der Waals surface area contributed by atoms with E-state index < -0.39 is 0 Å². The van der Waals surface area contributed by atoms with Gasteiger partial charge in [0, 0.05) is 6.04 Å². The van der Waals surface area contributed by atoms with Crippen LogP contribution in [0.25, 0.3) is 0 Å². The topological polar surface area (TPSA) is 21.3 Å². The van der Waals surface area contributed by atoms with E-state index in [9.17, 15) is 0 Å². The van der Waals surface area contributed by atoms with Crippen LogP contribution in [0, 0.1) is 29.6 Å². The van der Waals surface area contributed by atoms with Crippen molar-refractivity contribution in [1.82, 2.24) is 5.32 Å². The molecule has 0 heterocycles. The van der Waals surface area contributed by atoms with Crippen LogP contribution >= 0.6 is 11.6 Å². The molecule has 1 aromatic carbocycles. The van der Waals surface area contributed by atoms with Crippen molar-refractivity contribution in [3.63, 3.8) is 0 Å². The summed E-state index contributed by atoms with van der Waals surface area (Å²) in [6.45, 7) is 0. The lowest BCUT2D eigenvalue weighted by Gasteiger charge is -2.21. The number of fused-ring (bicyclic) bond motifs is 5. The fourth-order valence-electron chi connectivity index (χ4n) is 5.29. The Morgan fingerprint density at radius 2 is 1.95 bits per heavy atom. The van der Waals surface area contributed by atoms with E-state index in [2.05, 4.69) is 24.5 Å². The number of hydrogen-bond acceptors (Lipinski definition) is 2. The normalized spacial score (nSPS) is 38.6. The number of rotatable bonds is 4. The van der Waals surface area contributed by atoms with Gasteiger partial charge in [-0.25, -0.2) is 0 Å². The van der Waals surface area contributed by atoms with Gasteiger partial charge < -0.3 is 10.1 Å². The summed E-state index contributed by atoms with van der Waals surface area (Å²) < 4.78 is 5.37. The van der Waals surface area contributed by atoms with Crippen molar-refractivity contribution in [2.24, 2.45) is 29.6 Å². The van der Waals surface area contributed by atoms with Crippen LogP contribution < -0.4 is 10.1 Å². The molecular formula is C17H22ClNO. The second-order valence-corrected chi connectivity index (χ2v) is 7.13. The number of benzene rings is 1. The van der Waals surface area contributed by atoms with Gasteiger partial charge in [0.1, 0.15) is 5.75 Å². The molecule has 2 bridgehead atoms. The van der Waals surface area contributed by atoms with Crippen LogP contribution in [0.3, 0.4) is 0 Å². The fraction of sp³-hybridized carbons (Fsp3) is 0.647. The van der Waals surface area contributed by atoms with Crippen molar-refractivity contribution >= 4 is 11.6 Å². The smallest absolute Gasteiger partial charge is 0.137 e. The van der Waals surface area contributed by atoms with E-state index in [0.29, 0.717) is 11.1 Å². The van der Waals surface area contributed by atoms with Crippen LogP contribution in [0.2, 0.25) is 5.02 Å². The highest BCUT2D eigenvalue weighted by Crippen LogP contribution is 2.72. The van der Waals surface area contributed by atoms with Gasteiger partial charge in [-0.1, -0.05) is 17.7 Å². The second kappa shape index (κ2) is 4.64. The quantitative estimate of drug-likeness (QED) is 0.908. The molecule has 0 radical (unpaired) electrons. The van der Waals surface area contributed by atoms with Gasteiger partial charge >= 0.3 is 0 Å². The van der Waals surface area contributed by atoms with E-state index in [0.717, 1.165) is 35.3 Å². The summed E-state index contributed by atoms with van der Waals surface area (Å²) in [4.78, 5) is 0.